The molecule has 0 radical (unpaired) electrons. The molecule has 0 aromatic heterocycles. The molecule has 1 N–H and O–H groups in total. The summed E-state index contributed by atoms with van der Waals surface area (Å²) in [5.41, 5.74) is 0. The molecule has 1 fully saturated rings. The first kappa shape index (κ1) is 7.31. The monoisotopic (exact) mass is 239 g/mol. The van der Waals surface area contributed by atoms with Crippen LogP contribution >= 0.6 is 22.6 Å². The lowest BCUT2D eigenvalue weighted by Gasteiger charge is -2.06. The average Bonchev–Trinajstić information content (AvgIpc) is 2.15. The number of rotatable bonds is 1. The molecule has 9 heavy (non-hydrogen) atoms. The minimum atomic E-state index is 0.0829. The van der Waals surface area contributed by atoms with Gasteiger partial charge in [0.15, 0.2) is 0 Å². The third kappa shape index (κ3) is 2.51. The van der Waals surface area contributed by atoms with Crippen molar-refractivity contribution in [3.05, 3.63) is 0 Å². The van der Waals surface area contributed by atoms with Gasteiger partial charge in [0.1, 0.15) is 0 Å². The van der Waals surface area contributed by atoms with Crippen LogP contribution in [0.3, 0.4) is 0 Å². The van der Waals surface area contributed by atoms with E-state index >= 15 is 0 Å². The standard InChI is InChI=1S/C6H10INO/c7-6(9)8-5-3-1-2-4-5/h5H,1-4H2,(H,8,9). The highest BCUT2D eigenvalue weighted by atomic mass is 127. The molecule has 0 bridgehead atoms. The van der Waals surface area contributed by atoms with Crippen LogP contribution in [0.5, 0.6) is 0 Å². The van der Waals surface area contributed by atoms with Gasteiger partial charge in [0.2, 0.25) is 0 Å². The molecule has 1 amide bonds. The van der Waals surface area contributed by atoms with Crippen molar-refractivity contribution in [2.45, 2.75) is 31.7 Å². The zero-order valence-electron chi connectivity index (χ0n) is 5.19. The Balaban J connectivity index is 2.19. The summed E-state index contributed by atoms with van der Waals surface area (Å²) in [5, 5.41) is 2.89. The predicted octanol–water partition coefficient (Wildman–Crippen LogP) is 2.07. The molecule has 0 unspecified atom stereocenters. The fraction of sp³-hybridized carbons (Fsp3) is 0.833. The topological polar surface area (TPSA) is 29.1 Å². The molecule has 1 aliphatic rings. The van der Waals surface area contributed by atoms with Crippen molar-refractivity contribution in [2.24, 2.45) is 0 Å². The summed E-state index contributed by atoms with van der Waals surface area (Å²) < 4.78 is 0.0829. The van der Waals surface area contributed by atoms with E-state index in [9.17, 15) is 4.79 Å². The van der Waals surface area contributed by atoms with E-state index in [2.05, 4.69) is 5.32 Å². The van der Waals surface area contributed by atoms with Crippen LogP contribution in [0.4, 0.5) is 4.79 Å². The van der Waals surface area contributed by atoms with Gasteiger partial charge in [-0.1, -0.05) is 12.8 Å². The second kappa shape index (κ2) is 3.39. The van der Waals surface area contributed by atoms with Gasteiger partial charge in [0.25, 0.3) is 3.91 Å². The minimum Gasteiger partial charge on any atom is -0.345 e. The van der Waals surface area contributed by atoms with Gasteiger partial charge >= 0.3 is 0 Å². The quantitative estimate of drug-likeness (QED) is 0.423. The van der Waals surface area contributed by atoms with E-state index in [0.717, 1.165) is 0 Å². The fourth-order valence-electron chi connectivity index (χ4n) is 1.23. The maximum atomic E-state index is 10.5. The Kier molecular flexibility index (Phi) is 2.75. The number of amides is 1. The second-order valence-corrected chi connectivity index (χ2v) is 3.38. The first-order chi connectivity index (χ1) is 4.29. The lowest BCUT2D eigenvalue weighted by molar-refractivity contribution is 0.260. The molecule has 2 nitrogen and oxygen atoms in total. The largest absolute Gasteiger partial charge is 0.345 e. The van der Waals surface area contributed by atoms with Gasteiger partial charge < -0.3 is 5.32 Å². The summed E-state index contributed by atoms with van der Waals surface area (Å²) in [5.74, 6) is 0. The Morgan fingerprint density at radius 3 is 2.44 bits per heavy atom. The molecule has 1 rings (SSSR count). The first-order valence-corrected chi connectivity index (χ1v) is 4.33. The van der Waals surface area contributed by atoms with Crippen molar-refractivity contribution in [1.29, 1.82) is 0 Å². The van der Waals surface area contributed by atoms with Crippen molar-refractivity contribution in [2.75, 3.05) is 0 Å². The molecule has 0 aliphatic heterocycles. The van der Waals surface area contributed by atoms with Gasteiger partial charge in [-0.15, -0.1) is 0 Å². The van der Waals surface area contributed by atoms with Crippen molar-refractivity contribution >= 4 is 26.5 Å². The molecular formula is C6H10INO. The highest BCUT2D eigenvalue weighted by molar-refractivity contribution is 14.1. The molecule has 52 valence electrons. The maximum absolute atomic E-state index is 10.5. The van der Waals surface area contributed by atoms with Gasteiger partial charge in [-0.3, -0.25) is 4.79 Å². The Morgan fingerprint density at radius 2 is 2.00 bits per heavy atom. The molecule has 0 saturated heterocycles. The lowest BCUT2D eigenvalue weighted by atomic mass is 10.3. The number of carbonyl (C=O) groups excluding carboxylic acids is 1. The van der Waals surface area contributed by atoms with Crippen molar-refractivity contribution in [1.82, 2.24) is 5.32 Å². The number of nitrogens with one attached hydrogen (secondary N) is 1. The molecule has 0 heterocycles. The van der Waals surface area contributed by atoms with Gasteiger partial charge in [-0.05, 0) is 12.8 Å². The molecular weight excluding hydrogens is 229 g/mol. The predicted molar refractivity (Wildman–Crippen MR) is 44.8 cm³/mol. The molecule has 0 atom stereocenters. The van der Waals surface area contributed by atoms with Crippen molar-refractivity contribution in [3.63, 3.8) is 0 Å². The van der Waals surface area contributed by atoms with Crippen LogP contribution in [0.15, 0.2) is 0 Å². The van der Waals surface area contributed by atoms with E-state index in [1.165, 1.54) is 25.7 Å². The minimum absolute atomic E-state index is 0.0829. The number of halogens is 1. The number of hydrogen-bond acceptors (Lipinski definition) is 1. The Bertz CT molecular complexity index is 110. The van der Waals surface area contributed by atoms with Crippen LogP contribution in [-0.2, 0) is 0 Å². The van der Waals surface area contributed by atoms with Crippen LogP contribution in [0.25, 0.3) is 0 Å². The third-order valence-electron chi connectivity index (χ3n) is 1.67. The van der Waals surface area contributed by atoms with E-state index in [1.54, 1.807) is 22.6 Å². The van der Waals surface area contributed by atoms with Crippen LogP contribution in [-0.4, -0.2) is 9.96 Å². The second-order valence-electron chi connectivity index (χ2n) is 2.40. The summed E-state index contributed by atoms with van der Waals surface area (Å²) in [6, 6.07) is 0.481. The maximum Gasteiger partial charge on any atom is 0.280 e. The Morgan fingerprint density at radius 1 is 1.44 bits per heavy atom. The van der Waals surface area contributed by atoms with Crippen molar-refractivity contribution in [3.8, 4) is 0 Å². The number of hydrogen-bond donors (Lipinski definition) is 1. The lowest BCUT2D eigenvalue weighted by Crippen LogP contribution is -2.27. The first-order valence-electron chi connectivity index (χ1n) is 3.25. The van der Waals surface area contributed by atoms with Gasteiger partial charge in [0.05, 0.1) is 0 Å². The van der Waals surface area contributed by atoms with E-state index in [1.807, 2.05) is 0 Å². The molecule has 1 saturated carbocycles. The van der Waals surface area contributed by atoms with E-state index in [0.29, 0.717) is 6.04 Å². The highest BCUT2D eigenvalue weighted by Gasteiger charge is 2.14. The molecule has 0 aromatic carbocycles. The number of carbonyl (C=O) groups is 1. The summed E-state index contributed by atoms with van der Waals surface area (Å²) in [7, 11) is 0. The molecule has 0 aromatic rings. The summed E-state index contributed by atoms with van der Waals surface area (Å²) in [6.07, 6.45) is 4.91. The highest BCUT2D eigenvalue weighted by Crippen LogP contribution is 2.17. The Hall–Kier alpha value is 0.200. The van der Waals surface area contributed by atoms with Gasteiger partial charge in [-0.25, -0.2) is 0 Å². The zero-order valence-corrected chi connectivity index (χ0v) is 7.35. The van der Waals surface area contributed by atoms with E-state index < -0.39 is 0 Å². The van der Waals surface area contributed by atoms with Gasteiger partial charge in [-0.2, -0.15) is 0 Å². The van der Waals surface area contributed by atoms with E-state index in [4.69, 9.17) is 0 Å². The van der Waals surface area contributed by atoms with Crippen LogP contribution in [0.2, 0.25) is 0 Å². The van der Waals surface area contributed by atoms with Crippen LogP contribution in [0, 0.1) is 0 Å². The summed E-state index contributed by atoms with van der Waals surface area (Å²) in [6.45, 7) is 0. The Labute approximate surface area is 68.5 Å². The zero-order chi connectivity index (χ0) is 6.69. The smallest absolute Gasteiger partial charge is 0.280 e. The van der Waals surface area contributed by atoms with E-state index in [-0.39, 0.29) is 3.91 Å². The average molecular weight is 239 g/mol. The molecule has 3 heteroatoms. The van der Waals surface area contributed by atoms with Gasteiger partial charge in [0, 0.05) is 28.6 Å². The third-order valence-corrected chi connectivity index (χ3v) is 1.98. The van der Waals surface area contributed by atoms with Crippen molar-refractivity contribution < 1.29 is 4.79 Å². The summed E-state index contributed by atoms with van der Waals surface area (Å²) >= 11 is 1.78. The fourth-order valence-corrected chi connectivity index (χ4v) is 1.67. The molecule has 1 aliphatic carbocycles. The normalized spacial score (nSPS) is 20.1. The molecule has 0 spiro atoms. The summed E-state index contributed by atoms with van der Waals surface area (Å²) in [4.78, 5) is 10.5. The van der Waals surface area contributed by atoms with Crippen LogP contribution in [0.1, 0.15) is 25.7 Å². The van der Waals surface area contributed by atoms with Crippen LogP contribution < -0.4 is 5.32 Å². The SMILES string of the molecule is O=C(I)NC1CCCC1.